The summed E-state index contributed by atoms with van der Waals surface area (Å²) in [5.74, 6) is 0.413. The molecule has 0 unspecified atom stereocenters. The summed E-state index contributed by atoms with van der Waals surface area (Å²) in [5.41, 5.74) is 1.21. The zero-order valence-electron chi connectivity index (χ0n) is 13.6. The first kappa shape index (κ1) is 17.1. The molecule has 126 valence electrons. The van der Waals surface area contributed by atoms with Crippen molar-refractivity contribution in [3.63, 3.8) is 0 Å². The number of carbonyl (C=O) groups excluding carboxylic acids is 2. The highest BCUT2D eigenvalue weighted by atomic mass is 16.5. The number of amides is 3. The van der Waals surface area contributed by atoms with Gasteiger partial charge < -0.3 is 20.3 Å². The summed E-state index contributed by atoms with van der Waals surface area (Å²) in [5, 5.41) is 5.78. The Morgan fingerprint density at radius 3 is 2.52 bits per heavy atom. The highest BCUT2D eigenvalue weighted by Crippen LogP contribution is 2.16. The molecule has 2 N–H and O–H groups in total. The van der Waals surface area contributed by atoms with E-state index >= 15 is 0 Å². The van der Waals surface area contributed by atoms with E-state index in [-0.39, 0.29) is 12.1 Å². The number of nitrogens with one attached hydrogen (secondary N) is 2. The minimum Gasteiger partial charge on any atom is -0.453 e. The van der Waals surface area contributed by atoms with Gasteiger partial charge >= 0.3 is 12.1 Å². The lowest BCUT2D eigenvalue weighted by Gasteiger charge is -2.30. The largest absolute Gasteiger partial charge is 0.453 e. The molecule has 3 amide bonds. The maximum atomic E-state index is 11.8. The van der Waals surface area contributed by atoms with Crippen LogP contribution in [0.15, 0.2) is 30.3 Å². The van der Waals surface area contributed by atoms with Crippen LogP contribution in [0.4, 0.5) is 9.59 Å². The summed E-state index contributed by atoms with van der Waals surface area (Å²) in [6.45, 7) is 2.64. The molecule has 1 fully saturated rings. The summed E-state index contributed by atoms with van der Waals surface area (Å²) in [7, 11) is 1.40. The number of urea groups is 1. The Balaban J connectivity index is 1.57. The first-order valence-corrected chi connectivity index (χ1v) is 8.07. The molecule has 1 aliphatic heterocycles. The highest BCUT2D eigenvalue weighted by Gasteiger charge is 2.23. The number of methoxy groups -OCH3 is 1. The fraction of sp³-hybridized carbons (Fsp3) is 0.529. The predicted molar refractivity (Wildman–Crippen MR) is 88.2 cm³/mol. The van der Waals surface area contributed by atoms with Gasteiger partial charge in [-0.05, 0) is 30.7 Å². The molecule has 2 rings (SSSR count). The third-order valence-electron chi connectivity index (χ3n) is 4.14. The molecule has 1 aromatic rings. The van der Waals surface area contributed by atoms with Gasteiger partial charge in [0.2, 0.25) is 0 Å². The van der Waals surface area contributed by atoms with Crippen LogP contribution >= 0.6 is 0 Å². The second-order valence-corrected chi connectivity index (χ2v) is 5.77. The highest BCUT2D eigenvalue weighted by molar-refractivity contribution is 5.73. The number of likely N-dealkylation sites (tertiary alicyclic amines) is 1. The van der Waals surface area contributed by atoms with Gasteiger partial charge in [-0.3, -0.25) is 0 Å². The molecule has 0 atom stereocenters. The van der Waals surface area contributed by atoms with E-state index in [4.69, 9.17) is 4.74 Å². The van der Waals surface area contributed by atoms with E-state index in [0.29, 0.717) is 32.1 Å². The van der Waals surface area contributed by atoms with Crippen LogP contribution < -0.4 is 10.6 Å². The van der Waals surface area contributed by atoms with Gasteiger partial charge in [-0.2, -0.15) is 0 Å². The Morgan fingerprint density at radius 1 is 1.17 bits per heavy atom. The minimum atomic E-state index is -0.268. The van der Waals surface area contributed by atoms with Crippen molar-refractivity contribution < 1.29 is 14.3 Å². The second kappa shape index (κ2) is 9.02. The number of ether oxygens (including phenoxy) is 1. The molecule has 1 aliphatic rings. The zero-order chi connectivity index (χ0) is 16.5. The first-order valence-electron chi connectivity index (χ1n) is 8.07. The molecule has 1 aromatic carbocycles. The van der Waals surface area contributed by atoms with Crippen LogP contribution in [0.2, 0.25) is 0 Å². The fourth-order valence-electron chi connectivity index (χ4n) is 2.71. The van der Waals surface area contributed by atoms with Gasteiger partial charge in [-0.15, -0.1) is 0 Å². The number of carbonyl (C=O) groups is 2. The molecule has 0 spiro atoms. The van der Waals surface area contributed by atoms with E-state index in [2.05, 4.69) is 22.8 Å². The van der Waals surface area contributed by atoms with Crippen LogP contribution in [0.3, 0.4) is 0 Å². The molecule has 6 heteroatoms. The number of rotatable bonds is 5. The van der Waals surface area contributed by atoms with Gasteiger partial charge in [0.05, 0.1) is 7.11 Å². The predicted octanol–water partition coefficient (Wildman–Crippen LogP) is 2.01. The van der Waals surface area contributed by atoms with Crippen LogP contribution in [0, 0.1) is 5.92 Å². The lowest BCUT2D eigenvalue weighted by molar-refractivity contribution is 0.106. The monoisotopic (exact) mass is 319 g/mol. The van der Waals surface area contributed by atoms with Crippen molar-refractivity contribution in [3.8, 4) is 0 Å². The van der Waals surface area contributed by atoms with Crippen molar-refractivity contribution in [1.29, 1.82) is 0 Å². The lowest BCUT2D eigenvalue weighted by atomic mass is 9.97. The van der Waals surface area contributed by atoms with Crippen LogP contribution in [0.5, 0.6) is 0 Å². The van der Waals surface area contributed by atoms with E-state index in [1.807, 2.05) is 18.2 Å². The lowest BCUT2D eigenvalue weighted by Crippen LogP contribution is -2.43. The Labute approximate surface area is 137 Å². The van der Waals surface area contributed by atoms with Crippen molar-refractivity contribution in [2.24, 2.45) is 5.92 Å². The Hall–Kier alpha value is -2.24. The molecule has 1 saturated heterocycles. The van der Waals surface area contributed by atoms with Crippen molar-refractivity contribution in [1.82, 2.24) is 15.5 Å². The molecule has 23 heavy (non-hydrogen) atoms. The topological polar surface area (TPSA) is 70.7 Å². The van der Waals surface area contributed by atoms with Crippen molar-refractivity contribution in [2.75, 3.05) is 33.3 Å². The quantitative estimate of drug-likeness (QED) is 0.872. The molecule has 0 aromatic heterocycles. The van der Waals surface area contributed by atoms with Gasteiger partial charge in [0.1, 0.15) is 0 Å². The molecule has 6 nitrogen and oxygen atoms in total. The molecule has 0 saturated carbocycles. The van der Waals surface area contributed by atoms with Gasteiger partial charge in [-0.25, -0.2) is 9.59 Å². The van der Waals surface area contributed by atoms with Gasteiger partial charge in [0, 0.05) is 26.2 Å². The SMILES string of the molecule is COC(=O)N1CCC(CNC(=O)NCCc2ccccc2)CC1. The van der Waals surface area contributed by atoms with E-state index in [1.54, 1.807) is 4.90 Å². The number of piperidine rings is 1. The smallest absolute Gasteiger partial charge is 0.409 e. The number of hydrogen-bond donors (Lipinski definition) is 2. The van der Waals surface area contributed by atoms with Crippen molar-refractivity contribution in [2.45, 2.75) is 19.3 Å². The van der Waals surface area contributed by atoms with Gasteiger partial charge in [-0.1, -0.05) is 30.3 Å². The van der Waals surface area contributed by atoms with Crippen LogP contribution in [0.25, 0.3) is 0 Å². The van der Waals surface area contributed by atoms with Crippen LogP contribution in [-0.2, 0) is 11.2 Å². The molecule has 0 aliphatic carbocycles. The Bertz CT molecular complexity index is 499. The van der Waals surface area contributed by atoms with Crippen LogP contribution in [-0.4, -0.2) is 50.3 Å². The fourth-order valence-corrected chi connectivity index (χ4v) is 2.71. The summed E-state index contributed by atoms with van der Waals surface area (Å²) >= 11 is 0. The van der Waals surface area contributed by atoms with E-state index < -0.39 is 0 Å². The maximum absolute atomic E-state index is 11.8. The standard InChI is InChI=1S/C17H25N3O3/c1-23-17(22)20-11-8-15(9-12-20)13-19-16(21)18-10-7-14-5-3-2-4-6-14/h2-6,15H,7-13H2,1H3,(H2,18,19,21). The van der Waals surface area contributed by atoms with E-state index in [9.17, 15) is 9.59 Å². The third kappa shape index (κ3) is 5.81. The summed E-state index contributed by atoms with van der Waals surface area (Å²) < 4.78 is 4.71. The normalized spacial score (nSPS) is 15.1. The molecule has 1 heterocycles. The van der Waals surface area contributed by atoms with E-state index in [0.717, 1.165) is 19.3 Å². The average Bonchev–Trinajstić information content (AvgIpc) is 2.60. The number of nitrogens with zero attached hydrogens (tertiary/aromatic N) is 1. The average molecular weight is 319 g/mol. The van der Waals surface area contributed by atoms with Crippen LogP contribution in [0.1, 0.15) is 18.4 Å². The minimum absolute atomic E-state index is 0.128. The van der Waals surface area contributed by atoms with Crippen molar-refractivity contribution >= 4 is 12.1 Å². The molecule has 0 bridgehead atoms. The Morgan fingerprint density at radius 2 is 1.87 bits per heavy atom. The van der Waals surface area contributed by atoms with Crippen molar-refractivity contribution in [3.05, 3.63) is 35.9 Å². The third-order valence-corrected chi connectivity index (χ3v) is 4.14. The van der Waals surface area contributed by atoms with Gasteiger partial charge in [0.25, 0.3) is 0 Å². The summed E-state index contributed by atoms with van der Waals surface area (Å²) in [4.78, 5) is 24.9. The zero-order valence-corrected chi connectivity index (χ0v) is 13.6. The molecular weight excluding hydrogens is 294 g/mol. The maximum Gasteiger partial charge on any atom is 0.409 e. The molecule has 0 radical (unpaired) electrons. The summed E-state index contributed by atoms with van der Waals surface area (Å²) in [6, 6.07) is 9.95. The Kier molecular flexibility index (Phi) is 6.72. The summed E-state index contributed by atoms with van der Waals surface area (Å²) in [6.07, 6.45) is 2.33. The van der Waals surface area contributed by atoms with E-state index in [1.165, 1.54) is 12.7 Å². The van der Waals surface area contributed by atoms with Gasteiger partial charge in [0.15, 0.2) is 0 Å². The number of benzene rings is 1. The first-order chi connectivity index (χ1) is 11.2. The second-order valence-electron chi connectivity index (χ2n) is 5.77. The number of hydrogen-bond acceptors (Lipinski definition) is 3. The molecular formula is C17H25N3O3.